The second-order valence-corrected chi connectivity index (χ2v) is 5.70. The van der Waals surface area contributed by atoms with Crippen molar-refractivity contribution in [1.82, 2.24) is 5.32 Å². The second-order valence-electron chi connectivity index (χ2n) is 5.70. The van der Waals surface area contributed by atoms with Crippen molar-refractivity contribution >= 4 is 12.1 Å². The molecule has 1 amide bonds. The molecule has 1 rings (SSSR count). The summed E-state index contributed by atoms with van der Waals surface area (Å²) in [5, 5.41) is 2.46. The molecule has 1 atom stereocenters. The quantitative estimate of drug-likeness (QED) is 0.742. The highest BCUT2D eigenvalue weighted by Crippen LogP contribution is 2.28. The van der Waals surface area contributed by atoms with E-state index >= 15 is 0 Å². The average molecular weight is 273 g/mol. The Labute approximate surface area is 113 Å². The van der Waals surface area contributed by atoms with E-state index < -0.39 is 23.7 Å². The minimum atomic E-state index is -0.835. The predicted octanol–water partition coefficient (Wildman–Crippen LogP) is 1.48. The van der Waals surface area contributed by atoms with Gasteiger partial charge in [0.15, 0.2) is 6.04 Å². The van der Waals surface area contributed by atoms with Crippen LogP contribution >= 0.6 is 0 Å². The van der Waals surface area contributed by atoms with E-state index in [9.17, 15) is 9.59 Å². The fraction of sp³-hybridized carbons (Fsp3) is 0.846. The van der Waals surface area contributed by atoms with Gasteiger partial charge in [0.1, 0.15) is 5.60 Å². The molecule has 1 saturated carbocycles. The average Bonchev–Trinajstić information content (AvgIpc) is 3.08. The molecule has 0 aromatic heterocycles. The minimum Gasteiger partial charge on any atom is -0.467 e. The van der Waals surface area contributed by atoms with E-state index in [1.807, 2.05) is 0 Å². The first-order valence-electron chi connectivity index (χ1n) is 6.47. The minimum absolute atomic E-state index is 0.0996. The van der Waals surface area contributed by atoms with Crippen molar-refractivity contribution in [3.63, 3.8) is 0 Å². The molecule has 0 bridgehead atoms. The van der Waals surface area contributed by atoms with E-state index in [-0.39, 0.29) is 6.61 Å². The molecular weight excluding hydrogens is 250 g/mol. The number of hydrogen-bond donors (Lipinski definition) is 1. The Morgan fingerprint density at radius 3 is 2.42 bits per heavy atom. The van der Waals surface area contributed by atoms with Crippen LogP contribution in [0.5, 0.6) is 0 Å². The third-order valence-electron chi connectivity index (χ3n) is 2.51. The Morgan fingerprint density at radius 2 is 1.95 bits per heavy atom. The van der Waals surface area contributed by atoms with Crippen LogP contribution in [-0.2, 0) is 19.0 Å². The summed E-state index contributed by atoms with van der Waals surface area (Å²) in [6.07, 6.45) is 1.68. The number of alkyl carbamates (subject to hydrolysis) is 1. The SMILES string of the molecule is COC(=O)[C@H](COCC1CC1)NC(=O)OC(C)(C)C. The number of carbonyl (C=O) groups excluding carboxylic acids is 2. The summed E-state index contributed by atoms with van der Waals surface area (Å²) in [4.78, 5) is 23.1. The van der Waals surface area contributed by atoms with Crippen LogP contribution in [0.15, 0.2) is 0 Å². The van der Waals surface area contributed by atoms with Gasteiger partial charge in [-0.25, -0.2) is 9.59 Å². The third-order valence-corrected chi connectivity index (χ3v) is 2.51. The van der Waals surface area contributed by atoms with Crippen LogP contribution in [0, 0.1) is 5.92 Å². The first-order chi connectivity index (χ1) is 8.81. The highest BCUT2D eigenvalue weighted by Gasteiger charge is 2.27. The second kappa shape index (κ2) is 6.75. The maximum atomic E-state index is 11.6. The van der Waals surface area contributed by atoms with Gasteiger partial charge >= 0.3 is 12.1 Å². The normalized spacial score (nSPS) is 16.6. The first kappa shape index (κ1) is 15.8. The van der Waals surface area contributed by atoms with Gasteiger partial charge in [-0.3, -0.25) is 0 Å². The molecular formula is C13H23NO5. The summed E-state index contributed by atoms with van der Waals surface area (Å²) in [7, 11) is 1.27. The smallest absolute Gasteiger partial charge is 0.408 e. The van der Waals surface area contributed by atoms with Crippen molar-refractivity contribution in [2.24, 2.45) is 5.92 Å². The van der Waals surface area contributed by atoms with Crippen LogP contribution in [0.4, 0.5) is 4.79 Å². The number of esters is 1. The van der Waals surface area contributed by atoms with Gasteiger partial charge in [0.2, 0.25) is 0 Å². The highest BCUT2D eigenvalue weighted by molar-refractivity contribution is 5.81. The van der Waals surface area contributed by atoms with Crippen molar-refractivity contribution < 1.29 is 23.8 Å². The third kappa shape index (κ3) is 7.00. The van der Waals surface area contributed by atoms with E-state index in [1.165, 1.54) is 20.0 Å². The van der Waals surface area contributed by atoms with Crippen LogP contribution < -0.4 is 5.32 Å². The van der Waals surface area contributed by atoms with Gasteiger partial charge < -0.3 is 19.5 Å². The van der Waals surface area contributed by atoms with Crippen LogP contribution in [0.3, 0.4) is 0 Å². The molecule has 6 nitrogen and oxygen atoms in total. The Bertz CT molecular complexity index is 319. The van der Waals surface area contributed by atoms with Crippen LogP contribution in [0.1, 0.15) is 33.6 Å². The Morgan fingerprint density at radius 1 is 1.32 bits per heavy atom. The molecule has 6 heteroatoms. The van der Waals surface area contributed by atoms with Gasteiger partial charge in [0, 0.05) is 6.61 Å². The van der Waals surface area contributed by atoms with E-state index in [4.69, 9.17) is 9.47 Å². The molecule has 0 radical (unpaired) electrons. The Hall–Kier alpha value is -1.30. The van der Waals surface area contributed by atoms with Crippen LogP contribution in [0.25, 0.3) is 0 Å². The Balaban J connectivity index is 2.38. The molecule has 1 N–H and O–H groups in total. The van der Waals surface area contributed by atoms with Crippen LogP contribution in [-0.4, -0.2) is 44.0 Å². The molecule has 0 saturated heterocycles. The van der Waals surface area contributed by atoms with Gasteiger partial charge in [-0.15, -0.1) is 0 Å². The molecule has 1 aliphatic carbocycles. The van der Waals surface area contributed by atoms with E-state index in [1.54, 1.807) is 20.8 Å². The monoisotopic (exact) mass is 273 g/mol. The van der Waals surface area contributed by atoms with E-state index in [0.717, 1.165) is 0 Å². The topological polar surface area (TPSA) is 73.9 Å². The summed E-state index contributed by atoms with van der Waals surface area (Å²) < 4.78 is 15.1. The number of rotatable bonds is 6. The summed E-state index contributed by atoms with van der Waals surface area (Å²) in [6.45, 7) is 5.97. The number of ether oxygens (including phenoxy) is 3. The summed E-state index contributed by atoms with van der Waals surface area (Å²) in [5.74, 6) is 0.0569. The molecule has 0 spiro atoms. The lowest BCUT2D eigenvalue weighted by Gasteiger charge is -2.22. The molecule has 0 aliphatic heterocycles. The van der Waals surface area contributed by atoms with Gasteiger partial charge in [-0.2, -0.15) is 0 Å². The highest BCUT2D eigenvalue weighted by atomic mass is 16.6. The van der Waals surface area contributed by atoms with Crippen molar-refractivity contribution in [2.75, 3.05) is 20.3 Å². The number of amides is 1. The summed E-state index contributed by atoms with van der Waals surface area (Å²) in [5.41, 5.74) is -0.611. The van der Waals surface area contributed by atoms with Gasteiger partial charge in [-0.05, 0) is 39.5 Å². The first-order valence-corrected chi connectivity index (χ1v) is 6.47. The van der Waals surface area contributed by atoms with Gasteiger partial charge in [0.05, 0.1) is 13.7 Å². The lowest BCUT2D eigenvalue weighted by atomic mass is 10.2. The molecule has 0 unspecified atom stereocenters. The summed E-state index contributed by atoms with van der Waals surface area (Å²) >= 11 is 0. The maximum Gasteiger partial charge on any atom is 0.408 e. The van der Waals surface area contributed by atoms with Crippen molar-refractivity contribution in [2.45, 2.75) is 45.3 Å². The molecule has 19 heavy (non-hydrogen) atoms. The number of hydrogen-bond acceptors (Lipinski definition) is 5. The molecule has 0 heterocycles. The molecule has 0 aromatic carbocycles. The molecule has 1 aliphatic rings. The summed E-state index contributed by atoms with van der Waals surface area (Å²) in [6, 6.07) is -0.835. The van der Waals surface area contributed by atoms with Gasteiger partial charge in [0.25, 0.3) is 0 Å². The standard InChI is InChI=1S/C13H23NO5/c1-13(2,3)19-12(16)14-10(11(15)17-4)8-18-7-9-5-6-9/h9-10H,5-8H2,1-4H3,(H,14,16)/t10-/m0/s1. The maximum absolute atomic E-state index is 11.6. The largest absolute Gasteiger partial charge is 0.467 e. The Kier molecular flexibility index (Phi) is 5.60. The molecule has 110 valence electrons. The fourth-order valence-electron chi connectivity index (χ4n) is 1.40. The molecule has 1 fully saturated rings. The zero-order chi connectivity index (χ0) is 14.5. The fourth-order valence-corrected chi connectivity index (χ4v) is 1.40. The molecule has 0 aromatic rings. The van der Waals surface area contributed by atoms with Crippen molar-refractivity contribution in [3.8, 4) is 0 Å². The predicted molar refractivity (Wildman–Crippen MR) is 68.7 cm³/mol. The zero-order valence-electron chi connectivity index (χ0n) is 12.0. The van der Waals surface area contributed by atoms with Crippen LogP contribution in [0.2, 0.25) is 0 Å². The lowest BCUT2D eigenvalue weighted by Crippen LogP contribution is -2.46. The van der Waals surface area contributed by atoms with Crippen molar-refractivity contribution in [3.05, 3.63) is 0 Å². The number of carbonyl (C=O) groups is 2. The number of nitrogens with one attached hydrogen (secondary N) is 1. The van der Waals surface area contributed by atoms with Crippen molar-refractivity contribution in [1.29, 1.82) is 0 Å². The lowest BCUT2D eigenvalue weighted by molar-refractivity contribution is -0.144. The van der Waals surface area contributed by atoms with E-state index in [0.29, 0.717) is 12.5 Å². The van der Waals surface area contributed by atoms with Gasteiger partial charge in [-0.1, -0.05) is 0 Å². The zero-order valence-corrected chi connectivity index (χ0v) is 12.0. The number of methoxy groups -OCH3 is 1. The van der Waals surface area contributed by atoms with E-state index in [2.05, 4.69) is 10.1 Å².